The zero-order valence-corrected chi connectivity index (χ0v) is 9.74. The van der Waals surface area contributed by atoms with Crippen molar-refractivity contribution < 1.29 is 13.5 Å². The van der Waals surface area contributed by atoms with E-state index in [1.165, 1.54) is 10.6 Å². The van der Waals surface area contributed by atoms with Gasteiger partial charge in [0, 0.05) is 31.3 Å². The van der Waals surface area contributed by atoms with E-state index >= 15 is 0 Å². The number of rotatable bonds is 2. The molecule has 0 fully saturated rings. The maximum atomic E-state index is 11.4. The van der Waals surface area contributed by atoms with E-state index < -0.39 is 10.0 Å². The molecule has 0 saturated carbocycles. The van der Waals surface area contributed by atoms with Gasteiger partial charge in [-0.25, -0.2) is 18.4 Å². The first-order chi connectivity index (χ1) is 7.50. The second kappa shape index (κ2) is 4.08. The molecule has 0 radical (unpaired) electrons. The molecule has 1 aromatic heterocycles. The van der Waals surface area contributed by atoms with Gasteiger partial charge < -0.3 is 5.11 Å². The topological polar surface area (TPSA) is 83.4 Å². The third kappa shape index (κ3) is 2.21. The standard InChI is InChI=1S/C9H13N3O3S/c1-16(14,15)12-3-2-8-7(5-12)4-10-9(6-13)11-8/h4,13H,2-3,5-6H2,1H3. The number of aliphatic hydroxyl groups is 1. The molecule has 0 bridgehead atoms. The van der Waals surface area contributed by atoms with Gasteiger partial charge in [0.1, 0.15) is 6.61 Å². The van der Waals surface area contributed by atoms with Crippen LogP contribution in [0.5, 0.6) is 0 Å². The molecule has 1 aromatic rings. The number of hydrogen-bond donors (Lipinski definition) is 1. The fraction of sp³-hybridized carbons (Fsp3) is 0.556. The first kappa shape index (κ1) is 11.4. The largest absolute Gasteiger partial charge is 0.388 e. The van der Waals surface area contributed by atoms with E-state index in [-0.39, 0.29) is 6.61 Å². The maximum Gasteiger partial charge on any atom is 0.211 e. The lowest BCUT2D eigenvalue weighted by atomic mass is 10.1. The highest BCUT2D eigenvalue weighted by Gasteiger charge is 2.24. The van der Waals surface area contributed by atoms with Crippen LogP contribution in [-0.4, -0.2) is 40.6 Å². The number of nitrogens with zero attached hydrogens (tertiary/aromatic N) is 3. The normalized spacial score (nSPS) is 17.1. The minimum absolute atomic E-state index is 0.191. The molecule has 0 amide bonds. The zero-order valence-electron chi connectivity index (χ0n) is 8.92. The Morgan fingerprint density at radius 2 is 2.31 bits per heavy atom. The summed E-state index contributed by atoms with van der Waals surface area (Å²) >= 11 is 0. The first-order valence-electron chi connectivity index (χ1n) is 4.90. The molecular weight excluding hydrogens is 230 g/mol. The average molecular weight is 243 g/mol. The number of aromatic nitrogens is 2. The van der Waals surface area contributed by atoms with Crippen LogP contribution in [0.2, 0.25) is 0 Å². The molecule has 1 aliphatic heterocycles. The van der Waals surface area contributed by atoms with E-state index in [9.17, 15) is 8.42 Å². The van der Waals surface area contributed by atoms with Crippen molar-refractivity contribution in [3.05, 3.63) is 23.3 Å². The Labute approximate surface area is 94.0 Å². The highest BCUT2D eigenvalue weighted by atomic mass is 32.2. The molecule has 0 aromatic carbocycles. The van der Waals surface area contributed by atoms with Crippen molar-refractivity contribution in [2.24, 2.45) is 0 Å². The summed E-state index contributed by atoms with van der Waals surface area (Å²) in [5.74, 6) is 0.381. The van der Waals surface area contributed by atoms with Gasteiger partial charge in [-0.15, -0.1) is 0 Å². The fourth-order valence-corrected chi connectivity index (χ4v) is 2.49. The monoisotopic (exact) mass is 243 g/mol. The molecule has 0 unspecified atom stereocenters. The molecule has 2 rings (SSSR count). The highest BCUT2D eigenvalue weighted by Crippen LogP contribution is 2.18. The molecule has 1 N–H and O–H groups in total. The summed E-state index contributed by atoms with van der Waals surface area (Å²) in [6, 6.07) is 0. The fourth-order valence-electron chi connectivity index (χ4n) is 1.69. The molecule has 7 heteroatoms. The van der Waals surface area contributed by atoms with Crippen molar-refractivity contribution in [3.8, 4) is 0 Å². The predicted molar refractivity (Wildman–Crippen MR) is 56.9 cm³/mol. The summed E-state index contributed by atoms with van der Waals surface area (Å²) in [7, 11) is -3.16. The lowest BCUT2D eigenvalue weighted by molar-refractivity contribution is 0.269. The number of aliphatic hydroxyl groups excluding tert-OH is 1. The second-order valence-corrected chi connectivity index (χ2v) is 5.75. The van der Waals surface area contributed by atoms with E-state index in [0.717, 1.165) is 11.3 Å². The lowest BCUT2D eigenvalue weighted by Crippen LogP contribution is -2.35. The molecule has 0 atom stereocenters. The van der Waals surface area contributed by atoms with Crippen LogP contribution in [0.3, 0.4) is 0 Å². The Hall–Kier alpha value is -1.05. The van der Waals surface area contributed by atoms with Crippen LogP contribution >= 0.6 is 0 Å². The van der Waals surface area contributed by atoms with Gasteiger partial charge in [-0.05, 0) is 0 Å². The Bertz CT molecular complexity index is 501. The van der Waals surface area contributed by atoms with E-state index in [1.54, 1.807) is 6.20 Å². The summed E-state index contributed by atoms with van der Waals surface area (Å²) in [6.45, 7) is 0.566. The summed E-state index contributed by atoms with van der Waals surface area (Å²) in [5.41, 5.74) is 1.65. The number of hydrogen-bond acceptors (Lipinski definition) is 5. The SMILES string of the molecule is CS(=O)(=O)N1CCc2nc(CO)ncc2C1. The maximum absolute atomic E-state index is 11.4. The average Bonchev–Trinajstić information content (AvgIpc) is 2.26. The Balaban J connectivity index is 2.29. The number of fused-ring (bicyclic) bond motifs is 1. The van der Waals surface area contributed by atoms with Crippen LogP contribution in [0.4, 0.5) is 0 Å². The van der Waals surface area contributed by atoms with Gasteiger partial charge >= 0.3 is 0 Å². The minimum Gasteiger partial charge on any atom is -0.388 e. The summed E-state index contributed by atoms with van der Waals surface area (Å²) < 4.78 is 24.1. The van der Waals surface area contributed by atoms with E-state index in [2.05, 4.69) is 9.97 Å². The third-order valence-corrected chi connectivity index (χ3v) is 3.81. The molecule has 0 saturated heterocycles. The second-order valence-electron chi connectivity index (χ2n) is 3.76. The van der Waals surface area contributed by atoms with Gasteiger partial charge in [-0.3, -0.25) is 0 Å². The van der Waals surface area contributed by atoms with Crippen LogP contribution in [0.1, 0.15) is 17.1 Å². The van der Waals surface area contributed by atoms with Crippen LogP contribution < -0.4 is 0 Å². The van der Waals surface area contributed by atoms with Crippen LogP contribution in [0, 0.1) is 0 Å². The molecule has 16 heavy (non-hydrogen) atoms. The van der Waals surface area contributed by atoms with Crippen molar-refractivity contribution >= 4 is 10.0 Å². The van der Waals surface area contributed by atoms with Gasteiger partial charge in [-0.2, -0.15) is 4.31 Å². The summed E-state index contributed by atoms with van der Waals surface area (Å²) in [6.07, 6.45) is 3.35. The van der Waals surface area contributed by atoms with Crippen LogP contribution in [0.25, 0.3) is 0 Å². The molecule has 0 aliphatic carbocycles. The highest BCUT2D eigenvalue weighted by molar-refractivity contribution is 7.88. The van der Waals surface area contributed by atoms with Gasteiger partial charge in [-0.1, -0.05) is 0 Å². The van der Waals surface area contributed by atoms with E-state index in [4.69, 9.17) is 5.11 Å². The smallest absolute Gasteiger partial charge is 0.211 e. The van der Waals surface area contributed by atoms with Crippen molar-refractivity contribution in [1.82, 2.24) is 14.3 Å². The van der Waals surface area contributed by atoms with Crippen molar-refractivity contribution in [1.29, 1.82) is 0 Å². The lowest BCUT2D eigenvalue weighted by Gasteiger charge is -2.25. The van der Waals surface area contributed by atoms with Crippen molar-refractivity contribution in [2.75, 3.05) is 12.8 Å². The third-order valence-electron chi connectivity index (χ3n) is 2.56. The predicted octanol–water partition coefficient (Wildman–Crippen LogP) is -0.713. The van der Waals surface area contributed by atoms with E-state index in [0.29, 0.717) is 25.3 Å². The minimum atomic E-state index is -3.16. The first-order valence-corrected chi connectivity index (χ1v) is 6.75. The van der Waals surface area contributed by atoms with Gasteiger partial charge in [0.2, 0.25) is 10.0 Å². The quantitative estimate of drug-likeness (QED) is 0.741. The Morgan fingerprint density at radius 1 is 1.56 bits per heavy atom. The molecule has 2 heterocycles. The van der Waals surface area contributed by atoms with Crippen molar-refractivity contribution in [2.45, 2.75) is 19.6 Å². The molecule has 88 valence electrons. The Morgan fingerprint density at radius 3 is 2.94 bits per heavy atom. The molecule has 0 spiro atoms. The van der Waals surface area contributed by atoms with E-state index in [1.807, 2.05) is 0 Å². The summed E-state index contributed by atoms with van der Waals surface area (Å²) in [4.78, 5) is 8.11. The van der Waals surface area contributed by atoms with Gasteiger partial charge in [0.15, 0.2) is 5.82 Å². The van der Waals surface area contributed by atoms with Crippen molar-refractivity contribution in [3.63, 3.8) is 0 Å². The number of sulfonamides is 1. The Kier molecular flexibility index (Phi) is 2.92. The molecule has 6 nitrogen and oxygen atoms in total. The zero-order chi connectivity index (χ0) is 11.8. The molecule has 1 aliphatic rings. The van der Waals surface area contributed by atoms with Crippen LogP contribution in [-0.2, 0) is 29.6 Å². The molecular formula is C9H13N3O3S. The van der Waals surface area contributed by atoms with Gasteiger partial charge in [0.25, 0.3) is 0 Å². The van der Waals surface area contributed by atoms with Crippen LogP contribution in [0.15, 0.2) is 6.20 Å². The van der Waals surface area contributed by atoms with Gasteiger partial charge in [0.05, 0.1) is 11.9 Å². The summed E-state index contributed by atoms with van der Waals surface area (Å²) in [5, 5.41) is 8.89.